The minimum atomic E-state index is -0.156. The monoisotopic (exact) mass is 287 g/mol. The molecule has 0 saturated carbocycles. The average molecular weight is 288 g/mol. The van der Waals surface area contributed by atoms with Gasteiger partial charge in [0.25, 0.3) is 5.56 Å². The van der Waals surface area contributed by atoms with Gasteiger partial charge in [-0.3, -0.25) is 4.79 Å². The summed E-state index contributed by atoms with van der Waals surface area (Å²) < 4.78 is 6.12. The lowest BCUT2D eigenvalue weighted by molar-refractivity contribution is -0.00551. The van der Waals surface area contributed by atoms with E-state index in [0.29, 0.717) is 10.3 Å². The van der Waals surface area contributed by atoms with Gasteiger partial charge in [-0.1, -0.05) is 0 Å². The van der Waals surface area contributed by atoms with E-state index in [1.165, 1.54) is 6.33 Å². The van der Waals surface area contributed by atoms with E-state index < -0.39 is 0 Å². The number of ether oxygens (including phenoxy) is 1. The minimum absolute atomic E-state index is 0.150. The van der Waals surface area contributed by atoms with Crippen LogP contribution in [0.1, 0.15) is 13.8 Å². The molecule has 2 atom stereocenters. The number of hydrogen-bond acceptors (Lipinski definition) is 4. The molecule has 0 spiro atoms. The number of hydrogen-bond donors (Lipinski definition) is 1. The Morgan fingerprint density at radius 1 is 1.50 bits per heavy atom. The summed E-state index contributed by atoms with van der Waals surface area (Å²) in [5.74, 6) is 0.686. The van der Waals surface area contributed by atoms with Gasteiger partial charge in [-0.05, 0) is 29.8 Å². The van der Waals surface area contributed by atoms with E-state index in [1.54, 1.807) is 0 Å². The van der Waals surface area contributed by atoms with E-state index in [-0.39, 0.29) is 17.8 Å². The van der Waals surface area contributed by atoms with Gasteiger partial charge in [0, 0.05) is 13.1 Å². The van der Waals surface area contributed by atoms with Gasteiger partial charge >= 0.3 is 0 Å². The molecule has 2 rings (SSSR count). The first-order chi connectivity index (χ1) is 7.58. The number of nitrogens with one attached hydrogen (secondary N) is 1. The number of aromatic nitrogens is 2. The van der Waals surface area contributed by atoms with Crippen LogP contribution in [-0.2, 0) is 4.74 Å². The zero-order valence-corrected chi connectivity index (χ0v) is 10.8. The van der Waals surface area contributed by atoms with Crippen LogP contribution in [-0.4, -0.2) is 35.3 Å². The molecular formula is C10H14BrN3O2. The van der Waals surface area contributed by atoms with Crippen molar-refractivity contribution in [3.63, 3.8) is 0 Å². The number of morpholine rings is 1. The van der Waals surface area contributed by atoms with Crippen LogP contribution in [0.25, 0.3) is 0 Å². The molecule has 0 radical (unpaired) electrons. The molecule has 0 aliphatic carbocycles. The van der Waals surface area contributed by atoms with Crippen LogP contribution in [0.4, 0.5) is 5.82 Å². The number of rotatable bonds is 1. The molecular weight excluding hydrogens is 274 g/mol. The van der Waals surface area contributed by atoms with Crippen LogP contribution < -0.4 is 10.5 Å². The Morgan fingerprint density at radius 2 is 2.12 bits per heavy atom. The van der Waals surface area contributed by atoms with Gasteiger partial charge in [-0.2, -0.15) is 0 Å². The molecule has 1 saturated heterocycles. The largest absolute Gasteiger partial charge is 0.372 e. The van der Waals surface area contributed by atoms with Crippen LogP contribution >= 0.6 is 15.9 Å². The molecule has 16 heavy (non-hydrogen) atoms. The van der Waals surface area contributed by atoms with E-state index in [4.69, 9.17) is 4.74 Å². The first-order valence-electron chi connectivity index (χ1n) is 5.21. The van der Waals surface area contributed by atoms with Crippen molar-refractivity contribution in [2.24, 2.45) is 0 Å². The summed E-state index contributed by atoms with van der Waals surface area (Å²) in [7, 11) is 0. The molecule has 6 heteroatoms. The van der Waals surface area contributed by atoms with Crippen molar-refractivity contribution < 1.29 is 4.74 Å². The van der Waals surface area contributed by atoms with Crippen molar-refractivity contribution in [3.8, 4) is 0 Å². The van der Waals surface area contributed by atoms with Crippen LogP contribution in [0, 0.1) is 0 Å². The topological polar surface area (TPSA) is 58.2 Å². The van der Waals surface area contributed by atoms with Gasteiger partial charge in [0.2, 0.25) is 0 Å². The van der Waals surface area contributed by atoms with Crippen LogP contribution in [0.3, 0.4) is 0 Å². The van der Waals surface area contributed by atoms with Gasteiger partial charge in [-0.25, -0.2) is 4.98 Å². The van der Waals surface area contributed by atoms with Crippen molar-refractivity contribution >= 4 is 21.7 Å². The second-order valence-corrected chi connectivity index (χ2v) is 4.82. The summed E-state index contributed by atoms with van der Waals surface area (Å²) in [6, 6.07) is 0. The van der Waals surface area contributed by atoms with Crippen molar-refractivity contribution in [1.82, 2.24) is 9.97 Å². The lowest BCUT2D eigenvalue weighted by Crippen LogP contribution is -2.46. The molecule has 1 aromatic rings. The Hall–Kier alpha value is -0.880. The fourth-order valence-corrected chi connectivity index (χ4v) is 2.41. The summed E-state index contributed by atoms with van der Waals surface area (Å²) in [4.78, 5) is 20.2. The standard InChI is InChI=1S/C10H14BrN3O2/c1-6-3-14(4-7(2)16-6)9-8(11)10(15)13-5-12-9/h5-7H,3-4H2,1-2H3,(H,12,13,15). The normalized spacial score (nSPS) is 25.8. The zero-order chi connectivity index (χ0) is 11.7. The SMILES string of the molecule is CC1CN(c2nc[nH]c(=O)c2Br)CC(C)O1. The maximum Gasteiger partial charge on any atom is 0.267 e. The molecule has 1 aliphatic heterocycles. The second kappa shape index (κ2) is 4.55. The molecule has 0 amide bonds. The highest BCUT2D eigenvalue weighted by Gasteiger charge is 2.25. The number of aromatic amines is 1. The Labute approximate surface area is 102 Å². The molecule has 1 aromatic heterocycles. The molecule has 2 unspecified atom stereocenters. The average Bonchev–Trinajstić information content (AvgIpc) is 2.20. The molecule has 1 aliphatic rings. The predicted octanol–water partition coefficient (Wildman–Crippen LogP) is 1.15. The van der Waals surface area contributed by atoms with Gasteiger partial charge < -0.3 is 14.6 Å². The summed E-state index contributed by atoms with van der Waals surface area (Å²) >= 11 is 3.27. The third-order valence-corrected chi connectivity index (χ3v) is 3.21. The van der Waals surface area contributed by atoms with Crippen molar-refractivity contribution in [2.75, 3.05) is 18.0 Å². The maximum atomic E-state index is 11.4. The predicted molar refractivity (Wildman–Crippen MR) is 64.8 cm³/mol. The van der Waals surface area contributed by atoms with Gasteiger partial charge in [0.15, 0.2) is 0 Å². The van der Waals surface area contributed by atoms with Crippen molar-refractivity contribution in [1.29, 1.82) is 0 Å². The van der Waals surface area contributed by atoms with E-state index >= 15 is 0 Å². The number of anilines is 1. The van der Waals surface area contributed by atoms with Gasteiger partial charge in [-0.15, -0.1) is 0 Å². The Morgan fingerprint density at radius 3 is 2.75 bits per heavy atom. The molecule has 1 fully saturated rings. The molecule has 0 bridgehead atoms. The summed E-state index contributed by atoms with van der Waals surface area (Å²) in [6.07, 6.45) is 1.72. The van der Waals surface area contributed by atoms with E-state index in [1.807, 2.05) is 13.8 Å². The number of halogens is 1. The highest BCUT2D eigenvalue weighted by molar-refractivity contribution is 9.10. The Balaban J connectivity index is 2.30. The third kappa shape index (κ3) is 2.27. The zero-order valence-electron chi connectivity index (χ0n) is 9.24. The lowest BCUT2D eigenvalue weighted by Gasteiger charge is -2.36. The Kier molecular flexibility index (Phi) is 3.30. The number of nitrogens with zero attached hydrogens (tertiary/aromatic N) is 2. The van der Waals surface area contributed by atoms with Crippen LogP contribution in [0.2, 0.25) is 0 Å². The fraction of sp³-hybridized carbons (Fsp3) is 0.600. The van der Waals surface area contributed by atoms with Crippen molar-refractivity contribution in [3.05, 3.63) is 21.2 Å². The highest BCUT2D eigenvalue weighted by atomic mass is 79.9. The maximum absolute atomic E-state index is 11.4. The lowest BCUT2D eigenvalue weighted by atomic mass is 10.2. The first-order valence-corrected chi connectivity index (χ1v) is 6.01. The van der Waals surface area contributed by atoms with E-state index in [9.17, 15) is 4.79 Å². The summed E-state index contributed by atoms with van der Waals surface area (Å²) in [6.45, 7) is 5.53. The van der Waals surface area contributed by atoms with Crippen LogP contribution in [0.15, 0.2) is 15.6 Å². The molecule has 2 heterocycles. The molecule has 88 valence electrons. The summed E-state index contributed by atoms with van der Waals surface area (Å²) in [5, 5.41) is 0. The van der Waals surface area contributed by atoms with Gasteiger partial charge in [0.05, 0.1) is 18.5 Å². The Bertz CT molecular complexity index is 424. The molecule has 0 aromatic carbocycles. The quantitative estimate of drug-likeness (QED) is 0.842. The van der Waals surface area contributed by atoms with E-state index in [0.717, 1.165) is 13.1 Å². The minimum Gasteiger partial charge on any atom is -0.372 e. The third-order valence-electron chi connectivity index (χ3n) is 2.50. The highest BCUT2D eigenvalue weighted by Crippen LogP contribution is 2.22. The van der Waals surface area contributed by atoms with Crippen LogP contribution in [0.5, 0.6) is 0 Å². The first kappa shape index (κ1) is 11.6. The van der Waals surface area contributed by atoms with E-state index in [2.05, 4.69) is 30.8 Å². The molecule has 1 N–H and O–H groups in total. The molecule has 5 nitrogen and oxygen atoms in total. The second-order valence-electron chi connectivity index (χ2n) is 4.03. The van der Waals surface area contributed by atoms with Crippen molar-refractivity contribution in [2.45, 2.75) is 26.1 Å². The summed E-state index contributed by atoms with van der Waals surface area (Å²) in [5.41, 5.74) is -0.156. The smallest absolute Gasteiger partial charge is 0.267 e. The number of H-pyrrole nitrogens is 1. The fourth-order valence-electron chi connectivity index (χ4n) is 1.94. The van der Waals surface area contributed by atoms with Gasteiger partial charge in [0.1, 0.15) is 10.3 Å².